The van der Waals surface area contributed by atoms with Gasteiger partial charge in [-0.25, -0.2) is 0 Å². The van der Waals surface area contributed by atoms with E-state index >= 15 is 0 Å². The highest BCUT2D eigenvalue weighted by Gasteiger charge is 2.25. The third kappa shape index (κ3) is 5.99. The van der Waals surface area contributed by atoms with Crippen LogP contribution in [0.25, 0.3) is 75.1 Å². The maximum absolute atomic E-state index is 2.54. The van der Waals surface area contributed by atoms with Gasteiger partial charge in [0.1, 0.15) is 0 Å². The summed E-state index contributed by atoms with van der Waals surface area (Å²) in [5.41, 5.74) is 12.4. The normalized spacial score (nSPS) is 13.4. The van der Waals surface area contributed by atoms with Gasteiger partial charge >= 0.3 is 0 Å². The van der Waals surface area contributed by atoms with Gasteiger partial charge in [-0.3, -0.25) is 0 Å². The predicted octanol–water partition coefficient (Wildman–Crippen LogP) is 16.9. The van der Waals surface area contributed by atoms with Crippen LogP contribution in [0.3, 0.4) is 0 Å². The summed E-state index contributed by atoms with van der Waals surface area (Å²) < 4.78 is 2.63. The van der Waals surface area contributed by atoms with Gasteiger partial charge in [0.2, 0.25) is 0 Å². The van der Waals surface area contributed by atoms with Crippen LogP contribution in [0, 0.1) is 0 Å². The Balaban J connectivity index is 1.18. The molecule has 1 heterocycles. The highest BCUT2D eigenvalue weighted by Crippen LogP contribution is 2.50. The zero-order chi connectivity index (χ0) is 38.4. The van der Waals surface area contributed by atoms with Gasteiger partial charge in [0.25, 0.3) is 0 Å². The van der Waals surface area contributed by atoms with E-state index in [-0.39, 0.29) is 0 Å². The van der Waals surface area contributed by atoms with Gasteiger partial charge in [0.05, 0.1) is 11.4 Å². The monoisotopic (exact) mass is 761 g/mol. The lowest BCUT2D eigenvalue weighted by Gasteiger charge is -2.31. The van der Waals surface area contributed by atoms with Gasteiger partial charge in [-0.2, -0.15) is 0 Å². The van der Waals surface area contributed by atoms with Crippen LogP contribution < -0.4 is 4.90 Å². The minimum atomic E-state index is 0.584. The second-order valence-corrected chi connectivity index (χ2v) is 16.9. The van der Waals surface area contributed by atoms with Crippen molar-refractivity contribution in [2.45, 2.75) is 38.0 Å². The average Bonchev–Trinajstić information content (AvgIpc) is 3.69. The molecule has 0 radical (unpaired) electrons. The Bertz CT molecular complexity index is 3120. The van der Waals surface area contributed by atoms with Crippen LogP contribution in [-0.4, -0.2) is 0 Å². The van der Waals surface area contributed by atoms with E-state index in [0.29, 0.717) is 5.92 Å². The van der Waals surface area contributed by atoms with E-state index in [2.05, 4.69) is 199 Å². The topological polar surface area (TPSA) is 3.24 Å². The summed E-state index contributed by atoms with van der Waals surface area (Å²) in [6.07, 6.45) is 6.49. The molecule has 1 aliphatic carbocycles. The number of thiophene rings is 1. The number of anilines is 3. The van der Waals surface area contributed by atoms with E-state index < -0.39 is 0 Å². The van der Waals surface area contributed by atoms with Crippen LogP contribution in [0.4, 0.5) is 17.1 Å². The van der Waals surface area contributed by atoms with Crippen molar-refractivity contribution in [3.63, 3.8) is 0 Å². The van der Waals surface area contributed by atoms with Crippen LogP contribution in [0.2, 0.25) is 0 Å². The zero-order valence-electron chi connectivity index (χ0n) is 32.4. The first-order valence-electron chi connectivity index (χ1n) is 20.8. The molecule has 1 fully saturated rings. The maximum atomic E-state index is 2.54. The summed E-state index contributed by atoms with van der Waals surface area (Å²) in [7, 11) is 0. The number of benzene rings is 9. The Kier molecular flexibility index (Phi) is 8.86. The third-order valence-corrected chi connectivity index (χ3v) is 13.6. The molecule has 0 saturated heterocycles. The fraction of sp³-hybridized carbons (Fsp3) is 0.107. The molecule has 58 heavy (non-hydrogen) atoms. The Labute approximate surface area is 344 Å². The van der Waals surface area contributed by atoms with Crippen molar-refractivity contribution in [1.82, 2.24) is 0 Å². The van der Waals surface area contributed by atoms with Crippen LogP contribution in [-0.2, 0) is 0 Å². The highest BCUT2D eigenvalue weighted by atomic mass is 32.1. The summed E-state index contributed by atoms with van der Waals surface area (Å²) in [6.45, 7) is 0. The van der Waals surface area contributed by atoms with Gasteiger partial charge in [0.15, 0.2) is 0 Å². The molecule has 1 aromatic heterocycles. The number of para-hydroxylation sites is 2. The van der Waals surface area contributed by atoms with Crippen molar-refractivity contribution in [2.24, 2.45) is 0 Å². The summed E-state index contributed by atoms with van der Waals surface area (Å²) in [5, 5.41) is 7.85. The molecule has 2 heteroatoms. The first-order valence-corrected chi connectivity index (χ1v) is 21.6. The SMILES string of the molecule is c1cc(-c2cccc3ccccc23)cc(N(c2ccccc2-c2cccc3cccc(C4CCCCC4)c23)c2ccccc2-c2cccc3sc4ccccc4c23)c1. The maximum Gasteiger partial charge on any atom is 0.0540 e. The molecular weight excluding hydrogens is 719 g/mol. The van der Waals surface area contributed by atoms with Crippen molar-refractivity contribution in [3.05, 3.63) is 200 Å². The number of hydrogen-bond donors (Lipinski definition) is 0. The van der Waals surface area contributed by atoms with E-state index in [1.54, 1.807) is 0 Å². The smallest absolute Gasteiger partial charge is 0.0540 e. The lowest BCUT2D eigenvalue weighted by atomic mass is 9.80. The molecule has 1 aliphatic rings. The molecule has 0 spiro atoms. The first kappa shape index (κ1) is 34.7. The summed E-state index contributed by atoms with van der Waals surface area (Å²) in [5.74, 6) is 0.584. The summed E-state index contributed by atoms with van der Waals surface area (Å²) in [4.78, 5) is 2.54. The van der Waals surface area contributed by atoms with Crippen molar-refractivity contribution in [2.75, 3.05) is 4.90 Å². The predicted molar refractivity (Wildman–Crippen MR) is 251 cm³/mol. The molecular formula is C56H43NS. The summed E-state index contributed by atoms with van der Waals surface area (Å²) >= 11 is 1.88. The van der Waals surface area contributed by atoms with Gasteiger partial charge in [-0.05, 0) is 105 Å². The van der Waals surface area contributed by atoms with Crippen molar-refractivity contribution in [3.8, 4) is 33.4 Å². The first-order chi connectivity index (χ1) is 28.8. The molecule has 0 bridgehead atoms. The number of hydrogen-bond acceptors (Lipinski definition) is 2. The van der Waals surface area contributed by atoms with Gasteiger partial charge in [-0.1, -0.05) is 177 Å². The van der Waals surface area contributed by atoms with E-state index in [9.17, 15) is 0 Å². The molecule has 11 rings (SSSR count). The van der Waals surface area contributed by atoms with Crippen molar-refractivity contribution in [1.29, 1.82) is 0 Å². The van der Waals surface area contributed by atoms with Crippen LogP contribution in [0.5, 0.6) is 0 Å². The van der Waals surface area contributed by atoms with Crippen LogP contribution >= 0.6 is 11.3 Å². The number of rotatable bonds is 7. The second kappa shape index (κ2) is 14.8. The molecule has 10 aromatic rings. The molecule has 0 aliphatic heterocycles. The highest BCUT2D eigenvalue weighted by molar-refractivity contribution is 7.25. The van der Waals surface area contributed by atoms with Gasteiger partial charge in [0, 0.05) is 37.0 Å². The Hall–Kier alpha value is -6.48. The Morgan fingerprint density at radius 1 is 0.397 bits per heavy atom. The Morgan fingerprint density at radius 3 is 1.74 bits per heavy atom. The molecule has 1 nitrogen and oxygen atoms in total. The summed E-state index contributed by atoms with van der Waals surface area (Å²) in [6, 6.07) is 72.3. The molecule has 9 aromatic carbocycles. The average molecular weight is 762 g/mol. The quantitative estimate of drug-likeness (QED) is 0.156. The van der Waals surface area contributed by atoms with Gasteiger partial charge in [-0.15, -0.1) is 11.3 Å². The molecule has 278 valence electrons. The van der Waals surface area contributed by atoms with Crippen LogP contribution in [0.15, 0.2) is 194 Å². The Morgan fingerprint density at radius 2 is 0.948 bits per heavy atom. The fourth-order valence-corrected chi connectivity index (χ4v) is 11.0. The van der Waals surface area contributed by atoms with E-state index in [1.807, 2.05) is 11.3 Å². The van der Waals surface area contributed by atoms with E-state index in [1.165, 1.54) is 118 Å². The molecule has 0 unspecified atom stereocenters. The van der Waals surface area contributed by atoms with Crippen molar-refractivity contribution >= 4 is 70.1 Å². The standard InChI is InChI=1S/C56H43NS/c1-2-17-39(18-3-1)45-30-14-21-40-22-15-31-48(55(40)45)46-26-6-9-33-51(46)57(42-24-12-23-41(37-42)44-29-13-20-38-19-4-5-25-43(38)44)52-34-10-7-27-47(52)49-32-16-36-54-56(49)50-28-8-11-35-53(50)58-54/h4-16,19-37,39H,1-3,17-18H2. The lowest BCUT2D eigenvalue weighted by molar-refractivity contribution is 0.445. The molecule has 0 N–H and O–H groups in total. The minimum Gasteiger partial charge on any atom is -0.309 e. The largest absolute Gasteiger partial charge is 0.309 e. The lowest BCUT2D eigenvalue weighted by Crippen LogP contribution is -2.13. The molecule has 0 atom stereocenters. The fourth-order valence-electron chi connectivity index (χ4n) is 9.84. The molecule has 0 amide bonds. The second-order valence-electron chi connectivity index (χ2n) is 15.8. The van der Waals surface area contributed by atoms with E-state index in [0.717, 1.165) is 11.4 Å². The number of nitrogens with zero attached hydrogens (tertiary/aromatic N) is 1. The van der Waals surface area contributed by atoms with E-state index in [4.69, 9.17) is 0 Å². The van der Waals surface area contributed by atoms with Crippen LogP contribution in [0.1, 0.15) is 43.6 Å². The van der Waals surface area contributed by atoms with Gasteiger partial charge < -0.3 is 4.90 Å². The minimum absolute atomic E-state index is 0.584. The number of fused-ring (bicyclic) bond motifs is 5. The van der Waals surface area contributed by atoms with Crippen molar-refractivity contribution < 1.29 is 0 Å². The zero-order valence-corrected chi connectivity index (χ0v) is 33.3. The third-order valence-electron chi connectivity index (χ3n) is 12.5. The molecule has 1 saturated carbocycles.